The molecule has 0 fully saturated rings. The van der Waals surface area contributed by atoms with Crippen LogP contribution >= 0.6 is 11.6 Å². The number of nitrogens with zero attached hydrogens (tertiary/aromatic N) is 1. The molecule has 2 N–H and O–H groups in total. The smallest absolute Gasteiger partial charge is 0.138 e. The molecule has 144 valence electrons. The molecule has 1 atom stereocenters. The first-order valence-corrected chi connectivity index (χ1v) is 9.15. The number of hydrogen-bond acceptors (Lipinski definition) is 5. The average molecular weight is 389 g/mol. The van der Waals surface area contributed by atoms with Crippen molar-refractivity contribution < 1.29 is 14.6 Å². The first-order chi connectivity index (χ1) is 12.9. The minimum Gasteiger partial charge on any atom is -0.489 e. The number of halogens is 1. The van der Waals surface area contributed by atoms with Gasteiger partial charge >= 0.3 is 0 Å². The summed E-state index contributed by atoms with van der Waals surface area (Å²) in [5.74, 6) is 0.370. The second-order valence-corrected chi connectivity index (χ2v) is 7.34. The summed E-state index contributed by atoms with van der Waals surface area (Å²) in [7, 11) is 0. The van der Waals surface area contributed by atoms with Gasteiger partial charge in [0, 0.05) is 12.1 Å². The summed E-state index contributed by atoms with van der Waals surface area (Å²) in [6, 6.07) is 17.0. The lowest BCUT2D eigenvalue weighted by molar-refractivity contribution is 0.0551. The van der Waals surface area contributed by atoms with E-state index in [-0.39, 0.29) is 17.7 Å². The number of β-amino-alcohol motifs (C(OH)–C–C–N with tert-alkyl or cyclic N) is 1. The highest BCUT2D eigenvalue weighted by Gasteiger charge is 2.19. The molecule has 2 aromatic carbocycles. The Kier molecular flexibility index (Phi) is 8.08. The Morgan fingerprint density at radius 1 is 1.19 bits per heavy atom. The van der Waals surface area contributed by atoms with Crippen LogP contribution in [0.25, 0.3) is 0 Å². The van der Waals surface area contributed by atoms with Crippen LogP contribution in [0.4, 0.5) is 0 Å². The van der Waals surface area contributed by atoms with Crippen LogP contribution in [-0.4, -0.2) is 36.5 Å². The summed E-state index contributed by atoms with van der Waals surface area (Å²) in [5, 5.41) is 22.9. The van der Waals surface area contributed by atoms with Gasteiger partial charge in [-0.3, -0.25) is 0 Å². The van der Waals surface area contributed by atoms with Crippen LogP contribution in [0.3, 0.4) is 0 Å². The van der Waals surface area contributed by atoms with Crippen molar-refractivity contribution in [2.24, 2.45) is 0 Å². The Morgan fingerprint density at radius 2 is 1.93 bits per heavy atom. The van der Waals surface area contributed by atoms with Gasteiger partial charge in [-0.2, -0.15) is 5.26 Å². The second-order valence-electron chi connectivity index (χ2n) is 6.93. The zero-order valence-electron chi connectivity index (χ0n) is 15.6. The van der Waals surface area contributed by atoms with E-state index in [0.717, 1.165) is 5.56 Å². The van der Waals surface area contributed by atoms with E-state index in [4.69, 9.17) is 26.3 Å². The van der Waals surface area contributed by atoms with Crippen LogP contribution in [0.5, 0.6) is 5.75 Å². The van der Waals surface area contributed by atoms with Crippen molar-refractivity contribution in [1.29, 1.82) is 5.26 Å². The molecule has 5 nitrogen and oxygen atoms in total. The minimum atomic E-state index is -0.732. The third-order valence-electron chi connectivity index (χ3n) is 3.91. The first-order valence-electron chi connectivity index (χ1n) is 8.77. The number of nitrogens with one attached hydrogen (secondary N) is 1. The summed E-state index contributed by atoms with van der Waals surface area (Å²) < 4.78 is 11.3. The van der Waals surface area contributed by atoms with Gasteiger partial charge in [-0.1, -0.05) is 48.0 Å². The van der Waals surface area contributed by atoms with Gasteiger partial charge in [0.25, 0.3) is 0 Å². The Bertz CT molecular complexity index is 760. The molecular formula is C21H25ClN2O3. The third-order valence-corrected chi connectivity index (χ3v) is 4.22. The van der Waals surface area contributed by atoms with Crippen molar-refractivity contribution in [3.05, 3.63) is 64.7 Å². The molecule has 1 unspecified atom stereocenters. The standard InChI is InChI=1S/C21H25ClN2O3/c1-21(2,15-26-13-16-7-4-3-5-8-16)24-12-17(25)14-27-20-10-6-9-19(22)18(20)11-23/h3-10,17,24-25H,12-15H2,1-2H3. The van der Waals surface area contributed by atoms with Crippen LogP contribution in [0, 0.1) is 11.3 Å². The molecule has 0 saturated heterocycles. The molecular weight excluding hydrogens is 364 g/mol. The zero-order chi connectivity index (χ0) is 19.7. The molecule has 6 heteroatoms. The molecule has 0 aliphatic carbocycles. The molecule has 0 spiro atoms. The monoisotopic (exact) mass is 388 g/mol. The topological polar surface area (TPSA) is 74.5 Å². The molecule has 2 aromatic rings. The average Bonchev–Trinajstić information content (AvgIpc) is 2.65. The van der Waals surface area contributed by atoms with Crippen LogP contribution in [-0.2, 0) is 11.3 Å². The quantitative estimate of drug-likeness (QED) is 0.651. The van der Waals surface area contributed by atoms with E-state index in [1.165, 1.54) is 0 Å². The van der Waals surface area contributed by atoms with Gasteiger partial charge in [0.15, 0.2) is 0 Å². The molecule has 0 radical (unpaired) electrons. The lowest BCUT2D eigenvalue weighted by Crippen LogP contribution is -2.47. The van der Waals surface area contributed by atoms with E-state index in [1.54, 1.807) is 18.2 Å². The fourth-order valence-electron chi connectivity index (χ4n) is 2.42. The highest BCUT2D eigenvalue weighted by molar-refractivity contribution is 6.31. The normalized spacial score (nSPS) is 12.4. The van der Waals surface area contributed by atoms with E-state index >= 15 is 0 Å². The largest absolute Gasteiger partial charge is 0.489 e. The SMILES string of the molecule is CC(C)(COCc1ccccc1)NCC(O)COc1cccc(Cl)c1C#N. The maximum Gasteiger partial charge on any atom is 0.138 e. The molecule has 2 rings (SSSR count). The molecule has 0 aromatic heterocycles. The molecule has 0 aliphatic rings. The maximum absolute atomic E-state index is 10.2. The molecule has 0 heterocycles. The van der Waals surface area contributed by atoms with Crippen molar-refractivity contribution in [1.82, 2.24) is 5.32 Å². The molecule has 0 aliphatic heterocycles. The number of aliphatic hydroxyl groups excluding tert-OH is 1. The highest BCUT2D eigenvalue weighted by Crippen LogP contribution is 2.25. The summed E-state index contributed by atoms with van der Waals surface area (Å²) in [5.41, 5.74) is 1.09. The summed E-state index contributed by atoms with van der Waals surface area (Å²) in [6.45, 7) is 5.46. The number of hydrogen-bond donors (Lipinski definition) is 2. The zero-order valence-corrected chi connectivity index (χ0v) is 16.4. The predicted molar refractivity (Wildman–Crippen MR) is 106 cm³/mol. The van der Waals surface area contributed by atoms with E-state index in [9.17, 15) is 5.11 Å². The second kappa shape index (κ2) is 10.3. The molecule has 27 heavy (non-hydrogen) atoms. The summed E-state index contributed by atoms with van der Waals surface area (Å²) in [4.78, 5) is 0. The van der Waals surface area contributed by atoms with Crippen LogP contribution < -0.4 is 10.1 Å². The van der Waals surface area contributed by atoms with Crippen molar-refractivity contribution in [3.63, 3.8) is 0 Å². The van der Waals surface area contributed by atoms with E-state index in [1.807, 2.05) is 50.2 Å². The Balaban J connectivity index is 1.73. The van der Waals surface area contributed by atoms with Gasteiger partial charge in [-0.05, 0) is 31.5 Å². The van der Waals surface area contributed by atoms with Crippen molar-refractivity contribution >= 4 is 11.6 Å². The van der Waals surface area contributed by atoms with Gasteiger partial charge < -0.3 is 19.9 Å². The van der Waals surface area contributed by atoms with Gasteiger partial charge in [0.05, 0.1) is 18.2 Å². The fraction of sp³-hybridized carbons (Fsp3) is 0.381. The highest BCUT2D eigenvalue weighted by atomic mass is 35.5. The van der Waals surface area contributed by atoms with Gasteiger partial charge in [0.2, 0.25) is 0 Å². The fourth-order valence-corrected chi connectivity index (χ4v) is 2.63. The van der Waals surface area contributed by atoms with Crippen LogP contribution in [0.2, 0.25) is 5.02 Å². The predicted octanol–water partition coefficient (Wildman–Crippen LogP) is 3.54. The summed E-state index contributed by atoms with van der Waals surface area (Å²) >= 11 is 5.97. The number of aliphatic hydroxyl groups is 1. The van der Waals surface area contributed by atoms with Crippen LogP contribution in [0.15, 0.2) is 48.5 Å². The number of rotatable bonds is 10. The summed E-state index contributed by atoms with van der Waals surface area (Å²) in [6.07, 6.45) is -0.732. The molecule has 0 bridgehead atoms. The lowest BCUT2D eigenvalue weighted by atomic mass is 10.1. The van der Waals surface area contributed by atoms with Gasteiger partial charge in [-0.15, -0.1) is 0 Å². The molecule has 0 saturated carbocycles. The molecule has 0 amide bonds. The van der Waals surface area contributed by atoms with Gasteiger partial charge in [-0.25, -0.2) is 0 Å². The lowest BCUT2D eigenvalue weighted by Gasteiger charge is -2.27. The van der Waals surface area contributed by atoms with Gasteiger partial charge in [0.1, 0.15) is 30.1 Å². The van der Waals surface area contributed by atoms with E-state index in [2.05, 4.69) is 5.32 Å². The maximum atomic E-state index is 10.2. The van der Waals surface area contributed by atoms with Crippen LogP contribution in [0.1, 0.15) is 25.0 Å². The Morgan fingerprint density at radius 3 is 2.63 bits per heavy atom. The van der Waals surface area contributed by atoms with E-state index in [0.29, 0.717) is 30.5 Å². The van der Waals surface area contributed by atoms with Crippen molar-refractivity contribution in [2.45, 2.75) is 32.1 Å². The van der Waals surface area contributed by atoms with Crippen molar-refractivity contribution in [2.75, 3.05) is 19.8 Å². The number of ether oxygens (including phenoxy) is 2. The number of nitriles is 1. The Labute approximate surface area is 165 Å². The minimum absolute atomic E-state index is 0.0585. The first kappa shape index (κ1) is 21.2. The Hall–Kier alpha value is -2.10. The van der Waals surface area contributed by atoms with E-state index < -0.39 is 6.10 Å². The number of benzene rings is 2. The third kappa shape index (κ3) is 7.20. The van der Waals surface area contributed by atoms with Crippen molar-refractivity contribution in [3.8, 4) is 11.8 Å².